The van der Waals surface area contributed by atoms with Gasteiger partial charge in [0.2, 0.25) is 5.95 Å². The lowest BCUT2D eigenvalue weighted by Crippen LogP contribution is -2.30. The Hall–Kier alpha value is -2.83. The van der Waals surface area contributed by atoms with Crippen LogP contribution in [-0.2, 0) is 10.0 Å². The van der Waals surface area contributed by atoms with Gasteiger partial charge < -0.3 is 0 Å². The van der Waals surface area contributed by atoms with E-state index in [1.165, 1.54) is 4.31 Å². The van der Waals surface area contributed by atoms with Crippen molar-refractivity contribution >= 4 is 38.6 Å². The normalized spacial score (nSPS) is 16.3. The number of hydrogen-bond acceptors (Lipinski definition) is 3. The highest BCUT2D eigenvalue weighted by molar-refractivity contribution is 7.92. The molecule has 4 aromatic rings. The van der Waals surface area contributed by atoms with Crippen LogP contribution in [0.5, 0.6) is 0 Å². The van der Waals surface area contributed by atoms with Crippen LogP contribution < -0.4 is 4.31 Å². The Morgan fingerprint density at radius 2 is 1.72 bits per heavy atom. The zero-order valence-electron chi connectivity index (χ0n) is 15.7. The van der Waals surface area contributed by atoms with Gasteiger partial charge in [-0.05, 0) is 42.8 Å². The summed E-state index contributed by atoms with van der Waals surface area (Å²) in [4.78, 5) is 4.90. The van der Waals surface area contributed by atoms with Crippen molar-refractivity contribution in [3.63, 3.8) is 0 Å². The first-order valence-electron chi connectivity index (χ1n) is 9.27. The van der Waals surface area contributed by atoms with Crippen LogP contribution in [0.4, 0.5) is 5.95 Å². The first-order valence-corrected chi connectivity index (χ1v) is 11.1. The summed E-state index contributed by atoms with van der Waals surface area (Å²) in [5.41, 5.74) is 3.58. The Bertz CT molecular complexity index is 1320. The average molecular weight is 424 g/mol. The maximum absolute atomic E-state index is 13.5. The van der Waals surface area contributed by atoms with Crippen LogP contribution in [0.2, 0.25) is 5.02 Å². The topological polar surface area (TPSA) is 55.2 Å². The number of fused-ring (bicyclic) bond motifs is 3. The van der Waals surface area contributed by atoms with Gasteiger partial charge in [0.05, 0.1) is 28.5 Å². The first kappa shape index (κ1) is 18.2. The number of rotatable bonds is 3. The smallest absolute Gasteiger partial charge is 0.266 e. The summed E-state index contributed by atoms with van der Waals surface area (Å²) < 4.78 is 30.4. The molecular formula is C22H18ClN3O2S. The summed E-state index contributed by atoms with van der Waals surface area (Å²) in [5.74, 6) is 0.414. The summed E-state index contributed by atoms with van der Waals surface area (Å²) in [6.45, 7) is 2.22. The van der Waals surface area contributed by atoms with Crippen LogP contribution in [-0.4, -0.2) is 24.5 Å². The SMILES string of the molecule is Cc1ccc(S(=O)(=O)N2C[C@@H](c3ccccc3)n3c2nc2cc(Cl)ccc23)cc1. The minimum absolute atomic E-state index is 0.169. The van der Waals surface area contributed by atoms with Gasteiger partial charge in [0.25, 0.3) is 10.0 Å². The number of hydrogen-bond donors (Lipinski definition) is 0. The third-order valence-electron chi connectivity index (χ3n) is 5.30. The summed E-state index contributed by atoms with van der Waals surface area (Å²) in [5, 5.41) is 0.568. The number of aryl methyl sites for hydroxylation is 1. The molecule has 0 saturated carbocycles. The molecule has 0 N–H and O–H groups in total. The molecule has 1 atom stereocenters. The Labute approximate surface area is 174 Å². The fourth-order valence-corrected chi connectivity index (χ4v) is 5.42. The Morgan fingerprint density at radius 1 is 1.00 bits per heavy atom. The number of benzene rings is 3. The monoisotopic (exact) mass is 423 g/mol. The molecule has 0 bridgehead atoms. The third-order valence-corrected chi connectivity index (χ3v) is 7.30. The molecule has 1 aromatic heterocycles. The van der Waals surface area contributed by atoms with Gasteiger partial charge in [-0.1, -0.05) is 59.6 Å². The average Bonchev–Trinajstić information content (AvgIpc) is 3.26. The second-order valence-corrected chi connectivity index (χ2v) is 9.49. The summed E-state index contributed by atoms with van der Waals surface area (Å²) in [6.07, 6.45) is 0. The zero-order valence-corrected chi connectivity index (χ0v) is 17.2. The summed E-state index contributed by atoms with van der Waals surface area (Å²) in [7, 11) is -3.75. The number of nitrogens with zero attached hydrogens (tertiary/aromatic N) is 3. The van der Waals surface area contributed by atoms with E-state index >= 15 is 0 Å². The van der Waals surface area contributed by atoms with Gasteiger partial charge in [0.1, 0.15) is 0 Å². The van der Waals surface area contributed by atoms with Gasteiger partial charge in [-0.3, -0.25) is 4.57 Å². The van der Waals surface area contributed by atoms with E-state index in [1.54, 1.807) is 36.4 Å². The molecule has 5 rings (SSSR count). The number of anilines is 1. The van der Waals surface area contributed by atoms with E-state index < -0.39 is 10.0 Å². The molecule has 2 heterocycles. The van der Waals surface area contributed by atoms with Crippen LogP contribution in [0.15, 0.2) is 77.7 Å². The highest BCUT2D eigenvalue weighted by Crippen LogP contribution is 2.40. The van der Waals surface area contributed by atoms with Crippen molar-refractivity contribution in [3.8, 4) is 0 Å². The largest absolute Gasteiger partial charge is 0.300 e. The van der Waals surface area contributed by atoms with E-state index in [-0.39, 0.29) is 10.9 Å². The molecule has 0 spiro atoms. The molecule has 0 saturated heterocycles. The Kier molecular flexibility index (Phi) is 4.15. The minimum Gasteiger partial charge on any atom is -0.300 e. The lowest BCUT2D eigenvalue weighted by molar-refractivity contribution is 0.589. The molecule has 0 aliphatic carbocycles. The molecule has 146 valence electrons. The number of halogens is 1. The van der Waals surface area contributed by atoms with E-state index in [0.717, 1.165) is 16.6 Å². The van der Waals surface area contributed by atoms with E-state index in [0.29, 0.717) is 23.0 Å². The Balaban J connectivity index is 1.71. The van der Waals surface area contributed by atoms with Gasteiger partial charge in [0.15, 0.2) is 0 Å². The van der Waals surface area contributed by atoms with Crippen LogP contribution in [0, 0.1) is 6.92 Å². The Morgan fingerprint density at radius 3 is 2.45 bits per heavy atom. The van der Waals surface area contributed by atoms with Crippen LogP contribution in [0.1, 0.15) is 17.2 Å². The second kappa shape index (κ2) is 6.61. The molecule has 0 fully saturated rings. The maximum Gasteiger partial charge on any atom is 0.266 e. The molecular weight excluding hydrogens is 406 g/mol. The second-order valence-electron chi connectivity index (χ2n) is 7.19. The van der Waals surface area contributed by atoms with Crippen molar-refractivity contribution in [3.05, 3.63) is 88.9 Å². The molecule has 3 aromatic carbocycles. The standard InChI is InChI=1S/C22H18ClN3O2S/c1-15-7-10-18(11-8-15)29(27,28)25-14-21(16-5-3-2-4-6-16)26-20-12-9-17(23)13-19(20)24-22(25)26/h2-13,21H,14H2,1H3/t21-/m0/s1. The number of aromatic nitrogens is 2. The van der Waals surface area contributed by atoms with E-state index in [4.69, 9.17) is 11.6 Å². The molecule has 7 heteroatoms. The van der Waals surface area contributed by atoms with Gasteiger partial charge >= 0.3 is 0 Å². The molecule has 1 aliphatic heterocycles. The van der Waals surface area contributed by atoms with Crippen LogP contribution in [0.3, 0.4) is 0 Å². The number of imidazole rings is 1. The molecule has 29 heavy (non-hydrogen) atoms. The third kappa shape index (κ3) is 2.91. The zero-order chi connectivity index (χ0) is 20.2. The van der Waals surface area contributed by atoms with Gasteiger partial charge in [-0.2, -0.15) is 0 Å². The van der Waals surface area contributed by atoms with Crippen molar-refractivity contribution < 1.29 is 8.42 Å². The van der Waals surface area contributed by atoms with Gasteiger partial charge in [0, 0.05) is 5.02 Å². The molecule has 5 nitrogen and oxygen atoms in total. The van der Waals surface area contributed by atoms with Crippen LogP contribution in [0.25, 0.3) is 11.0 Å². The maximum atomic E-state index is 13.5. The fraction of sp³-hybridized carbons (Fsp3) is 0.136. The van der Waals surface area contributed by atoms with Crippen molar-refractivity contribution in [2.24, 2.45) is 0 Å². The molecule has 0 amide bonds. The van der Waals surface area contributed by atoms with Gasteiger partial charge in [-0.25, -0.2) is 17.7 Å². The highest BCUT2D eigenvalue weighted by atomic mass is 35.5. The van der Waals surface area contributed by atoms with Crippen LogP contribution >= 0.6 is 11.6 Å². The van der Waals surface area contributed by atoms with E-state index in [9.17, 15) is 8.42 Å². The van der Waals surface area contributed by atoms with Crippen molar-refractivity contribution in [2.75, 3.05) is 10.8 Å². The van der Waals surface area contributed by atoms with Crippen molar-refractivity contribution in [1.29, 1.82) is 0 Å². The van der Waals surface area contributed by atoms with Gasteiger partial charge in [-0.15, -0.1) is 0 Å². The fourth-order valence-electron chi connectivity index (χ4n) is 3.84. The minimum atomic E-state index is -3.75. The summed E-state index contributed by atoms with van der Waals surface area (Å²) in [6, 6.07) is 22.1. The van der Waals surface area contributed by atoms with E-state index in [1.807, 2.05) is 47.9 Å². The lowest BCUT2D eigenvalue weighted by atomic mass is 10.1. The quantitative estimate of drug-likeness (QED) is 0.475. The predicted octanol–water partition coefficient (Wildman–Crippen LogP) is 4.80. The van der Waals surface area contributed by atoms with E-state index in [2.05, 4.69) is 4.98 Å². The first-order chi connectivity index (χ1) is 13.9. The molecule has 0 unspecified atom stereocenters. The lowest BCUT2D eigenvalue weighted by Gasteiger charge is -2.18. The molecule has 1 aliphatic rings. The highest BCUT2D eigenvalue weighted by Gasteiger charge is 2.39. The van der Waals surface area contributed by atoms with Crippen molar-refractivity contribution in [2.45, 2.75) is 17.9 Å². The predicted molar refractivity (Wildman–Crippen MR) is 115 cm³/mol. The summed E-state index contributed by atoms with van der Waals surface area (Å²) >= 11 is 6.15. The molecule has 0 radical (unpaired) electrons. The van der Waals surface area contributed by atoms with Crippen molar-refractivity contribution in [1.82, 2.24) is 9.55 Å². The number of sulfonamides is 1.